The number of halogens is 3. The van der Waals surface area contributed by atoms with E-state index in [1.807, 2.05) is 0 Å². The molecular formula is C13H9Cl2FN4O2S. The fraction of sp³-hybridized carbons (Fsp3) is 0.154. The first-order valence-electron chi connectivity index (χ1n) is 6.19. The van der Waals surface area contributed by atoms with E-state index in [2.05, 4.69) is 14.7 Å². The van der Waals surface area contributed by atoms with Crippen LogP contribution in [-0.2, 0) is 10.0 Å². The summed E-state index contributed by atoms with van der Waals surface area (Å²) in [4.78, 5) is 7.52. The molecule has 0 saturated heterocycles. The van der Waals surface area contributed by atoms with Crippen LogP contribution in [0.2, 0.25) is 10.2 Å². The monoisotopic (exact) mass is 374 g/mol. The molecule has 10 heteroatoms. The van der Waals surface area contributed by atoms with Crippen molar-refractivity contribution < 1.29 is 12.8 Å². The molecule has 0 aliphatic carbocycles. The van der Waals surface area contributed by atoms with Gasteiger partial charge in [-0.1, -0.05) is 23.2 Å². The molecule has 2 rings (SSSR count). The van der Waals surface area contributed by atoms with E-state index in [4.69, 9.17) is 28.5 Å². The Balaban J connectivity index is 2.67. The molecule has 6 nitrogen and oxygen atoms in total. The number of aromatic nitrogens is 2. The lowest BCUT2D eigenvalue weighted by Gasteiger charge is -2.12. The second kappa shape index (κ2) is 6.66. The Kier molecular flexibility index (Phi) is 5.04. The molecule has 0 saturated carbocycles. The van der Waals surface area contributed by atoms with Gasteiger partial charge in [0.15, 0.2) is 5.15 Å². The van der Waals surface area contributed by atoms with Crippen LogP contribution in [0.15, 0.2) is 18.5 Å². The molecule has 1 aromatic carbocycles. The van der Waals surface area contributed by atoms with E-state index in [0.29, 0.717) is 0 Å². The molecule has 2 aromatic rings. The SMILES string of the molecule is CCS(=O)(=O)Nc1cc(-c2ncnc(Cl)c2Cl)c(F)cc1C#N. The van der Waals surface area contributed by atoms with E-state index in [0.717, 1.165) is 18.5 Å². The van der Waals surface area contributed by atoms with Gasteiger partial charge in [-0.25, -0.2) is 22.8 Å². The minimum absolute atomic E-state index is 0.00870. The fourth-order valence-electron chi connectivity index (χ4n) is 1.71. The second-order valence-corrected chi connectivity index (χ2v) is 7.07. The normalized spacial score (nSPS) is 11.1. The maximum Gasteiger partial charge on any atom is 0.232 e. The van der Waals surface area contributed by atoms with Crippen LogP contribution in [0.3, 0.4) is 0 Å². The highest BCUT2D eigenvalue weighted by molar-refractivity contribution is 7.92. The van der Waals surface area contributed by atoms with Crippen LogP contribution >= 0.6 is 23.2 Å². The van der Waals surface area contributed by atoms with E-state index in [-0.39, 0.29) is 38.4 Å². The maximum atomic E-state index is 14.2. The molecule has 1 N–H and O–H groups in total. The van der Waals surface area contributed by atoms with Crippen LogP contribution in [-0.4, -0.2) is 24.1 Å². The molecule has 0 aliphatic heterocycles. The van der Waals surface area contributed by atoms with E-state index < -0.39 is 15.8 Å². The third kappa shape index (κ3) is 3.69. The van der Waals surface area contributed by atoms with Gasteiger partial charge in [-0.15, -0.1) is 0 Å². The fourth-order valence-corrected chi connectivity index (χ4v) is 2.69. The number of rotatable bonds is 4. The minimum Gasteiger partial charge on any atom is -0.282 e. The van der Waals surface area contributed by atoms with Crippen LogP contribution in [0.4, 0.5) is 10.1 Å². The number of nitriles is 1. The number of nitrogens with zero attached hydrogens (tertiary/aromatic N) is 3. The Bertz CT molecular complexity index is 913. The molecule has 0 spiro atoms. The van der Waals surface area contributed by atoms with Crippen LogP contribution in [0, 0.1) is 17.1 Å². The zero-order chi connectivity index (χ0) is 17.2. The molecule has 0 bridgehead atoms. The highest BCUT2D eigenvalue weighted by Gasteiger charge is 2.19. The van der Waals surface area contributed by atoms with Gasteiger partial charge in [0, 0.05) is 5.56 Å². The van der Waals surface area contributed by atoms with Crippen molar-refractivity contribution in [1.29, 1.82) is 5.26 Å². The largest absolute Gasteiger partial charge is 0.282 e. The van der Waals surface area contributed by atoms with E-state index in [1.54, 1.807) is 6.07 Å². The van der Waals surface area contributed by atoms with Gasteiger partial charge >= 0.3 is 0 Å². The van der Waals surface area contributed by atoms with Gasteiger partial charge in [0.1, 0.15) is 23.2 Å². The molecule has 0 aliphatic rings. The minimum atomic E-state index is -3.65. The third-order valence-corrected chi connectivity index (χ3v) is 4.91. The number of nitrogens with one attached hydrogen (secondary N) is 1. The summed E-state index contributed by atoms with van der Waals surface area (Å²) < 4.78 is 39.9. The summed E-state index contributed by atoms with van der Waals surface area (Å²) in [6.45, 7) is 1.43. The summed E-state index contributed by atoms with van der Waals surface area (Å²) in [5.74, 6) is -0.998. The molecule has 0 radical (unpaired) electrons. The predicted molar refractivity (Wildman–Crippen MR) is 85.2 cm³/mol. The predicted octanol–water partition coefficient (Wildman–Crippen LogP) is 3.22. The smallest absolute Gasteiger partial charge is 0.232 e. The van der Waals surface area contributed by atoms with Crippen molar-refractivity contribution in [2.45, 2.75) is 6.92 Å². The molecule has 120 valence electrons. The van der Waals surface area contributed by atoms with E-state index in [9.17, 15) is 12.8 Å². The quantitative estimate of drug-likeness (QED) is 0.828. The summed E-state index contributed by atoms with van der Waals surface area (Å²) in [7, 11) is -3.65. The van der Waals surface area contributed by atoms with E-state index in [1.165, 1.54) is 6.92 Å². The number of sulfonamides is 1. The zero-order valence-corrected chi connectivity index (χ0v) is 14.0. The van der Waals surface area contributed by atoms with Crippen molar-refractivity contribution in [3.8, 4) is 17.3 Å². The van der Waals surface area contributed by atoms with Crippen molar-refractivity contribution in [2.75, 3.05) is 10.5 Å². The average Bonchev–Trinajstić information content (AvgIpc) is 2.51. The van der Waals surface area contributed by atoms with Crippen molar-refractivity contribution in [1.82, 2.24) is 9.97 Å². The Morgan fingerprint density at radius 1 is 1.35 bits per heavy atom. The molecule has 23 heavy (non-hydrogen) atoms. The number of benzene rings is 1. The van der Waals surface area contributed by atoms with E-state index >= 15 is 0 Å². The Hall–Kier alpha value is -1.95. The summed E-state index contributed by atoms with van der Waals surface area (Å²) >= 11 is 11.7. The van der Waals surface area contributed by atoms with Gasteiger partial charge in [0.05, 0.1) is 22.7 Å². The zero-order valence-electron chi connectivity index (χ0n) is 11.6. The van der Waals surface area contributed by atoms with Crippen LogP contribution in [0.1, 0.15) is 12.5 Å². The lowest BCUT2D eigenvalue weighted by molar-refractivity contribution is 0.602. The Morgan fingerprint density at radius 2 is 2.04 bits per heavy atom. The summed E-state index contributed by atoms with van der Waals surface area (Å²) in [6.07, 6.45) is 1.09. The summed E-state index contributed by atoms with van der Waals surface area (Å²) in [5.41, 5.74) is -0.353. The van der Waals surface area contributed by atoms with Crippen LogP contribution in [0.25, 0.3) is 11.3 Å². The van der Waals surface area contributed by atoms with Gasteiger partial charge in [0.2, 0.25) is 10.0 Å². The summed E-state index contributed by atoms with van der Waals surface area (Å²) in [6, 6.07) is 3.77. The topological polar surface area (TPSA) is 95.7 Å². The first-order valence-corrected chi connectivity index (χ1v) is 8.60. The first-order chi connectivity index (χ1) is 10.8. The van der Waals surface area contributed by atoms with Crippen LogP contribution in [0.5, 0.6) is 0 Å². The van der Waals surface area contributed by atoms with Gasteiger partial charge in [-0.2, -0.15) is 5.26 Å². The molecule has 1 aromatic heterocycles. The maximum absolute atomic E-state index is 14.2. The van der Waals surface area contributed by atoms with Gasteiger partial charge < -0.3 is 0 Å². The van der Waals surface area contributed by atoms with Crippen molar-refractivity contribution in [2.24, 2.45) is 0 Å². The molecule has 1 heterocycles. The van der Waals surface area contributed by atoms with Crippen LogP contribution < -0.4 is 4.72 Å². The lowest BCUT2D eigenvalue weighted by Crippen LogP contribution is -2.15. The number of hydrogen-bond acceptors (Lipinski definition) is 5. The lowest BCUT2D eigenvalue weighted by atomic mass is 10.1. The highest BCUT2D eigenvalue weighted by Crippen LogP contribution is 2.34. The molecular weight excluding hydrogens is 366 g/mol. The van der Waals surface area contributed by atoms with Crippen molar-refractivity contribution >= 4 is 38.9 Å². The number of anilines is 1. The van der Waals surface area contributed by atoms with Gasteiger partial charge in [-0.05, 0) is 19.1 Å². The summed E-state index contributed by atoms with van der Waals surface area (Å²) in [5, 5.41) is 8.89. The Labute approximate surface area is 141 Å². The van der Waals surface area contributed by atoms with Gasteiger partial charge in [0.25, 0.3) is 0 Å². The standard InChI is InChI=1S/C13H9Cl2FN4O2S/c1-2-23(21,22)20-10-4-8(9(16)3-7(10)5-17)12-11(14)13(15)19-6-18-12/h3-4,6,20H,2H2,1H3. The molecule has 0 atom stereocenters. The molecule has 0 unspecified atom stereocenters. The van der Waals surface area contributed by atoms with Crippen molar-refractivity contribution in [3.63, 3.8) is 0 Å². The molecule has 0 amide bonds. The van der Waals surface area contributed by atoms with Crippen molar-refractivity contribution in [3.05, 3.63) is 40.0 Å². The third-order valence-electron chi connectivity index (χ3n) is 2.88. The first kappa shape index (κ1) is 17.4. The number of hydrogen-bond donors (Lipinski definition) is 1. The van der Waals surface area contributed by atoms with Gasteiger partial charge in [-0.3, -0.25) is 4.72 Å². The Morgan fingerprint density at radius 3 is 2.65 bits per heavy atom. The molecule has 0 fully saturated rings. The second-order valence-electron chi connectivity index (χ2n) is 4.32. The highest BCUT2D eigenvalue weighted by atomic mass is 35.5. The average molecular weight is 375 g/mol.